The zero-order valence-corrected chi connectivity index (χ0v) is 37.4. The molecule has 4 aliphatic rings. The molecule has 6 aromatic rings. The van der Waals surface area contributed by atoms with E-state index in [1.165, 1.54) is 24.3 Å². The number of imide groups is 1. The fourth-order valence-corrected chi connectivity index (χ4v) is 9.98. The summed E-state index contributed by atoms with van der Waals surface area (Å²) in [7, 11) is 1.68. The minimum atomic E-state index is -4.71. The van der Waals surface area contributed by atoms with Gasteiger partial charge in [-0.2, -0.15) is 13.2 Å². The molecule has 16 nitrogen and oxygen atoms in total. The minimum Gasteiger partial charge on any atom is -0.380 e. The van der Waals surface area contributed by atoms with Gasteiger partial charge in [-0.05, 0) is 83.5 Å². The van der Waals surface area contributed by atoms with E-state index >= 15 is 0 Å². The molecule has 0 spiro atoms. The number of nitrogens with zero attached hydrogens (tertiary/aromatic N) is 9. The zero-order valence-electron chi connectivity index (χ0n) is 37.4. The quantitative estimate of drug-likeness (QED) is 0.165. The van der Waals surface area contributed by atoms with Gasteiger partial charge >= 0.3 is 11.9 Å². The van der Waals surface area contributed by atoms with Gasteiger partial charge in [0.05, 0.1) is 29.5 Å². The number of aryl methyl sites for hydroxylation is 1. The van der Waals surface area contributed by atoms with Crippen LogP contribution in [0.3, 0.4) is 0 Å². The highest BCUT2D eigenvalue weighted by atomic mass is 19.4. The molecule has 3 saturated heterocycles. The lowest BCUT2D eigenvalue weighted by Crippen LogP contribution is -2.52. The number of hydrogen-bond acceptors (Lipinski definition) is 11. The molecule has 10 rings (SSSR count). The van der Waals surface area contributed by atoms with Gasteiger partial charge in [0, 0.05) is 96.0 Å². The summed E-state index contributed by atoms with van der Waals surface area (Å²) in [5.74, 6) is -0.615. The van der Waals surface area contributed by atoms with Crippen molar-refractivity contribution in [1.82, 2.24) is 43.7 Å². The van der Waals surface area contributed by atoms with Gasteiger partial charge in [-0.1, -0.05) is 36.4 Å². The van der Waals surface area contributed by atoms with Crippen molar-refractivity contribution in [1.29, 1.82) is 0 Å². The van der Waals surface area contributed by atoms with Gasteiger partial charge in [-0.25, -0.2) is 4.79 Å². The number of carbonyl (C=O) groups is 3. The Hall–Kier alpha value is -6.67. The second-order valence-electron chi connectivity index (χ2n) is 18.2. The Kier molecular flexibility index (Phi) is 12.2. The number of aliphatic hydroxyl groups is 1. The summed E-state index contributed by atoms with van der Waals surface area (Å²) >= 11 is 0. The Bertz CT molecular complexity index is 2950. The molecule has 19 heteroatoms. The number of anilines is 1. The fraction of sp³-hybridized carbons (Fsp3) is 0.388. The van der Waals surface area contributed by atoms with Gasteiger partial charge in [-0.3, -0.25) is 38.5 Å². The third kappa shape index (κ3) is 9.17. The van der Waals surface area contributed by atoms with Gasteiger partial charge < -0.3 is 24.2 Å². The highest BCUT2D eigenvalue weighted by Gasteiger charge is 2.40. The maximum Gasteiger partial charge on any atom is 0.418 e. The van der Waals surface area contributed by atoms with Gasteiger partial charge in [0.1, 0.15) is 18.5 Å². The summed E-state index contributed by atoms with van der Waals surface area (Å²) in [6.07, 6.45) is 0.218. The summed E-state index contributed by atoms with van der Waals surface area (Å²) in [6, 6.07) is 21.2. The number of imidazole rings is 1. The number of rotatable bonds is 12. The topological polar surface area (TPSA) is 163 Å². The molecule has 0 aliphatic carbocycles. The van der Waals surface area contributed by atoms with Gasteiger partial charge in [0.25, 0.3) is 5.91 Å². The lowest BCUT2D eigenvalue weighted by molar-refractivity contribution is -0.137. The van der Waals surface area contributed by atoms with Crippen LogP contribution in [-0.4, -0.2) is 113 Å². The summed E-state index contributed by atoms with van der Waals surface area (Å²) in [5.41, 5.74) is 4.05. The van der Waals surface area contributed by atoms with Crippen molar-refractivity contribution >= 4 is 28.9 Å². The van der Waals surface area contributed by atoms with Crippen LogP contribution >= 0.6 is 0 Å². The van der Waals surface area contributed by atoms with E-state index in [2.05, 4.69) is 54.5 Å². The largest absolute Gasteiger partial charge is 0.418 e. The van der Waals surface area contributed by atoms with E-state index in [-0.39, 0.29) is 42.2 Å². The number of ether oxygens (including phenoxy) is 1. The van der Waals surface area contributed by atoms with Crippen LogP contribution in [0.5, 0.6) is 0 Å². The molecule has 2 N–H and O–H groups in total. The van der Waals surface area contributed by atoms with Crippen molar-refractivity contribution < 1.29 is 37.4 Å². The van der Waals surface area contributed by atoms with Crippen LogP contribution in [0.2, 0.25) is 0 Å². The Labute approximate surface area is 389 Å². The predicted octanol–water partition coefficient (Wildman–Crippen LogP) is 4.58. The van der Waals surface area contributed by atoms with E-state index in [1.54, 1.807) is 40.8 Å². The molecule has 0 unspecified atom stereocenters. The van der Waals surface area contributed by atoms with Crippen LogP contribution in [-0.2, 0) is 53.8 Å². The highest BCUT2D eigenvalue weighted by Crippen LogP contribution is 2.35. The number of benzene rings is 3. The highest BCUT2D eigenvalue weighted by molar-refractivity contribution is 6.05. The van der Waals surface area contributed by atoms with E-state index in [0.717, 1.165) is 64.6 Å². The summed E-state index contributed by atoms with van der Waals surface area (Å²) in [4.78, 5) is 59.4. The number of piperazine rings is 1. The molecule has 3 aromatic heterocycles. The molecule has 3 fully saturated rings. The van der Waals surface area contributed by atoms with Crippen molar-refractivity contribution in [2.24, 2.45) is 7.05 Å². The average molecular weight is 933 g/mol. The van der Waals surface area contributed by atoms with Crippen molar-refractivity contribution in [3.8, 4) is 5.69 Å². The Balaban J connectivity index is 0.713. The monoisotopic (exact) mass is 932 g/mol. The number of alkyl halides is 3. The standard InChI is InChI=1S/C49H51F3N10O6/c1-56-30-53-55-45(56)44(64)34-6-3-7-37(22-34)60-28-42-40(49(50,51)52)21-33(26-62(42)48(60)67)25-57-14-12-38(13-15-57)68-29-32-5-2-4-31(20-32)24-58-16-18-59(19-17-58)36-8-9-39-35(23-36)27-61(47(39)66)41-10-11-43(63)54-46(41)65/h2-9,20-23,26,28,30,38,41,44,64H,10-19,24-25,27,29H2,1H3,(H,54,63,65)/t41-,44+/m0/s1. The number of aliphatic hydroxyl groups excluding tert-OH is 1. The van der Waals surface area contributed by atoms with Crippen LogP contribution < -0.4 is 15.9 Å². The molecule has 0 saturated carbocycles. The van der Waals surface area contributed by atoms with Crippen molar-refractivity contribution in [2.75, 3.05) is 44.2 Å². The van der Waals surface area contributed by atoms with Gasteiger partial charge in [-0.15, -0.1) is 10.2 Å². The number of pyridine rings is 1. The number of carbonyl (C=O) groups excluding carboxylic acids is 3. The average Bonchev–Trinajstić information content (AvgIpc) is 4.02. The Morgan fingerprint density at radius 1 is 0.824 bits per heavy atom. The molecule has 4 aliphatic heterocycles. The molecule has 0 bridgehead atoms. The van der Waals surface area contributed by atoms with E-state index in [4.69, 9.17) is 4.74 Å². The first-order valence-corrected chi connectivity index (χ1v) is 22.9. The molecule has 354 valence electrons. The Morgan fingerprint density at radius 3 is 2.32 bits per heavy atom. The summed E-state index contributed by atoms with van der Waals surface area (Å²) in [6.45, 7) is 6.43. The van der Waals surface area contributed by atoms with Crippen molar-refractivity contribution in [3.63, 3.8) is 0 Å². The van der Waals surface area contributed by atoms with Crippen LogP contribution in [0.4, 0.5) is 18.9 Å². The van der Waals surface area contributed by atoms with E-state index in [9.17, 15) is 37.5 Å². The Morgan fingerprint density at radius 2 is 1.57 bits per heavy atom. The number of likely N-dealkylation sites (tertiary alicyclic amines) is 1. The first kappa shape index (κ1) is 45.1. The molecule has 2 atom stereocenters. The molecule has 3 aromatic carbocycles. The number of fused-ring (bicyclic) bond motifs is 2. The molecule has 3 amide bonds. The van der Waals surface area contributed by atoms with Gasteiger partial charge in [0.15, 0.2) is 5.82 Å². The first-order valence-electron chi connectivity index (χ1n) is 22.9. The lowest BCUT2D eigenvalue weighted by atomic mass is 10.0. The smallest absolute Gasteiger partial charge is 0.380 e. The first-order chi connectivity index (χ1) is 32.7. The molecule has 7 heterocycles. The molecule has 0 radical (unpaired) electrons. The number of hydrogen-bond donors (Lipinski definition) is 2. The van der Waals surface area contributed by atoms with Crippen molar-refractivity contribution in [2.45, 2.75) is 76.4 Å². The van der Waals surface area contributed by atoms with Crippen molar-refractivity contribution in [3.05, 3.63) is 147 Å². The second kappa shape index (κ2) is 18.4. The lowest BCUT2D eigenvalue weighted by Gasteiger charge is -2.36. The third-order valence-corrected chi connectivity index (χ3v) is 13.7. The predicted molar refractivity (Wildman–Crippen MR) is 243 cm³/mol. The van der Waals surface area contributed by atoms with E-state index in [0.29, 0.717) is 67.9 Å². The number of nitrogens with one attached hydrogen (secondary N) is 1. The summed E-state index contributed by atoms with van der Waals surface area (Å²) in [5, 5.41) is 21.0. The minimum absolute atomic E-state index is 0.00589. The van der Waals surface area contributed by atoms with Crippen LogP contribution in [0.15, 0.2) is 96.3 Å². The molecule has 68 heavy (non-hydrogen) atoms. The van der Waals surface area contributed by atoms with Crippen LogP contribution in [0, 0.1) is 0 Å². The van der Waals surface area contributed by atoms with E-state index in [1.807, 2.05) is 18.2 Å². The number of amides is 3. The molecular formula is C49H51F3N10O6. The SMILES string of the molecule is Cn1cnnc1[C@H](O)c1cccc(-n2cc3c(C(F)(F)F)cc(CN4CCC(OCc5cccc(CN6CCN(c7ccc8c(c7)CN([C@H]7CCC(=O)NC7=O)C8=O)CC6)c5)CC4)cn3c2=O)c1. The summed E-state index contributed by atoms with van der Waals surface area (Å²) < 4.78 is 53.8. The number of piperidine rings is 2. The second-order valence-corrected chi connectivity index (χ2v) is 18.2. The van der Waals surface area contributed by atoms with E-state index < -0.39 is 35.5 Å². The normalized spacial score (nSPS) is 19.2. The maximum atomic E-state index is 14.6. The van der Waals surface area contributed by atoms with Crippen LogP contribution in [0.1, 0.15) is 81.4 Å². The fourth-order valence-electron chi connectivity index (χ4n) is 9.98. The number of aromatic nitrogens is 5. The van der Waals surface area contributed by atoms with Gasteiger partial charge in [0.2, 0.25) is 11.8 Å². The third-order valence-electron chi connectivity index (χ3n) is 13.7. The maximum absolute atomic E-state index is 14.6. The van der Waals surface area contributed by atoms with Crippen LogP contribution in [0.25, 0.3) is 11.2 Å². The number of halogens is 3. The molecular weight excluding hydrogens is 882 g/mol. The zero-order chi connectivity index (χ0) is 47.3.